The van der Waals surface area contributed by atoms with E-state index in [9.17, 15) is 4.79 Å². The minimum Gasteiger partial charge on any atom is -0.346 e. The Hall–Kier alpha value is -1.76. The predicted octanol–water partition coefficient (Wildman–Crippen LogP) is -0.720. The van der Waals surface area contributed by atoms with Crippen molar-refractivity contribution in [3.05, 3.63) is 18.0 Å². The second kappa shape index (κ2) is 4.40. The van der Waals surface area contributed by atoms with Crippen molar-refractivity contribution in [2.75, 3.05) is 0 Å². The van der Waals surface area contributed by atoms with Crippen LogP contribution in [0.4, 0.5) is 0 Å². The maximum atomic E-state index is 11.8. The highest BCUT2D eigenvalue weighted by Gasteiger charge is 2.24. The zero-order valence-electron chi connectivity index (χ0n) is 8.92. The monoisotopic (exact) mass is 222 g/mol. The first-order valence-corrected chi connectivity index (χ1v) is 5.14. The van der Waals surface area contributed by atoms with Crippen molar-refractivity contribution in [1.82, 2.24) is 25.9 Å². The number of hydrogen-bond acceptors (Lipinski definition) is 5. The molecule has 0 aliphatic heterocycles. The first kappa shape index (κ1) is 10.7. The third-order valence-corrected chi connectivity index (χ3v) is 2.56. The minimum atomic E-state index is -0.253. The smallest absolute Gasteiger partial charge is 0.227 e. The van der Waals surface area contributed by atoms with Crippen molar-refractivity contribution < 1.29 is 4.79 Å². The summed E-state index contributed by atoms with van der Waals surface area (Å²) >= 11 is 0. The number of amides is 1. The first-order chi connectivity index (χ1) is 7.66. The average Bonchev–Trinajstić information content (AvgIpc) is 2.87. The van der Waals surface area contributed by atoms with Gasteiger partial charge in [-0.15, -0.1) is 10.2 Å². The van der Waals surface area contributed by atoms with Crippen LogP contribution in [-0.4, -0.2) is 32.6 Å². The van der Waals surface area contributed by atoms with Crippen LogP contribution in [-0.2, 0) is 4.79 Å². The van der Waals surface area contributed by atoms with Gasteiger partial charge in [0.2, 0.25) is 5.91 Å². The van der Waals surface area contributed by atoms with E-state index in [0.717, 1.165) is 0 Å². The van der Waals surface area contributed by atoms with Crippen molar-refractivity contribution >= 4 is 5.91 Å². The van der Waals surface area contributed by atoms with Gasteiger partial charge in [0.1, 0.15) is 0 Å². The lowest BCUT2D eigenvalue weighted by Crippen LogP contribution is -2.33. The SMILES string of the molecule is CC(NC(=O)C1C=CC(N)C1)c1nn[nH]n1. The van der Waals surface area contributed by atoms with Crippen LogP contribution in [0.25, 0.3) is 0 Å². The molecule has 2 rings (SSSR count). The summed E-state index contributed by atoms with van der Waals surface area (Å²) in [5.74, 6) is 0.269. The van der Waals surface area contributed by atoms with Crippen LogP contribution in [0.5, 0.6) is 0 Å². The molecule has 1 aromatic rings. The van der Waals surface area contributed by atoms with E-state index in [0.29, 0.717) is 12.2 Å². The Balaban J connectivity index is 1.90. The third-order valence-electron chi connectivity index (χ3n) is 2.56. The largest absolute Gasteiger partial charge is 0.346 e. The standard InChI is InChI=1S/C9H14N6O/c1-5(8-12-14-15-13-8)11-9(16)6-2-3-7(10)4-6/h2-3,5-7H,4,10H2,1H3,(H,11,16)(H,12,13,14,15). The fourth-order valence-electron chi connectivity index (χ4n) is 1.66. The highest BCUT2D eigenvalue weighted by atomic mass is 16.1. The van der Waals surface area contributed by atoms with Gasteiger partial charge in [0.15, 0.2) is 5.82 Å². The van der Waals surface area contributed by atoms with Crippen LogP contribution in [0.2, 0.25) is 0 Å². The van der Waals surface area contributed by atoms with Crippen LogP contribution in [0.15, 0.2) is 12.2 Å². The first-order valence-electron chi connectivity index (χ1n) is 5.14. The summed E-state index contributed by atoms with van der Waals surface area (Å²) in [4.78, 5) is 11.8. The van der Waals surface area contributed by atoms with Gasteiger partial charge in [-0.25, -0.2) is 0 Å². The van der Waals surface area contributed by atoms with Crippen LogP contribution >= 0.6 is 0 Å². The topological polar surface area (TPSA) is 110 Å². The molecule has 7 heteroatoms. The summed E-state index contributed by atoms with van der Waals surface area (Å²) in [6.45, 7) is 1.81. The van der Waals surface area contributed by atoms with Crippen LogP contribution in [0, 0.1) is 5.92 Å². The second-order valence-electron chi connectivity index (χ2n) is 3.89. The van der Waals surface area contributed by atoms with Crippen LogP contribution < -0.4 is 11.1 Å². The van der Waals surface area contributed by atoms with E-state index in [1.54, 1.807) is 6.92 Å². The predicted molar refractivity (Wildman–Crippen MR) is 56.0 cm³/mol. The maximum absolute atomic E-state index is 11.8. The molecule has 0 spiro atoms. The molecule has 0 fully saturated rings. The molecule has 86 valence electrons. The fourth-order valence-corrected chi connectivity index (χ4v) is 1.66. The van der Waals surface area contributed by atoms with Gasteiger partial charge in [-0.1, -0.05) is 17.4 Å². The molecule has 1 heterocycles. The molecule has 1 aliphatic rings. The third kappa shape index (κ3) is 2.25. The van der Waals surface area contributed by atoms with Gasteiger partial charge >= 0.3 is 0 Å². The number of nitrogens with one attached hydrogen (secondary N) is 2. The Labute approximate surface area is 92.5 Å². The van der Waals surface area contributed by atoms with Gasteiger partial charge < -0.3 is 11.1 Å². The molecule has 1 amide bonds. The van der Waals surface area contributed by atoms with E-state index in [4.69, 9.17) is 5.73 Å². The lowest BCUT2D eigenvalue weighted by Gasteiger charge is -2.13. The van der Waals surface area contributed by atoms with Gasteiger partial charge in [0, 0.05) is 6.04 Å². The van der Waals surface area contributed by atoms with Crippen molar-refractivity contribution in [2.45, 2.75) is 25.4 Å². The molecular formula is C9H14N6O. The molecule has 0 saturated carbocycles. The zero-order chi connectivity index (χ0) is 11.5. The van der Waals surface area contributed by atoms with E-state index in [2.05, 4.69) is 25.9 Å². The van der Waals surface area contributed by atoms with Gasteiger partial charge in [-0.3, -0.25) is 4.79 Å². The van der Waals surface area contributed by atoms with Gasteiger partial charge in [0.25, 0.3) is 0 Å². The Kier molecular flexibility index (Phi) is 2.95. The Morgan fingerprint density at radius 2 is 2.50 bits per heavy atom. The lowest BCUT2D eigenvalue weighted by atomic mass is 10.1. The molecule has 16 heavy (non-hydrogen) atoms. The lowest BCUT2D eigenvalue weighted by molar-refractivity contribution is -0.124. The number of carbonyl (C=O) groups excluding carboxylic acids is 1. The Morgan fingerprint density at radius 3 is 3.06 bits per heavy atom. The molecule has 1 aliphatic carbocycles. The molecule has 0 bridgehead atoms. The average molecular weight is 222 g/mol. The number of nitrogens with two attached hydrogens (primary N) is 1. The number of nitrogens with zero attached hydrogens (tertiary/aromatic N) is 3. The molecule has 3 atom stereocenters. The van der Waals surface area contributed by atoms with E-state index in [-0.39, 0.29) is 23.9 Å². The Morgan fingerprint density at radius 1 is 1.69 bits per heavy atom. The maximum Gasteiger partial charge on any atom is 0.227 e. The quantitative estimate of drug-likeness (QED) is 0.585. The fraction of sp³-hybridized carbons (Fsp3) is 0.556. The van der Waals surface area contributed by atoms with Gasteiger partial charge in [0.05, 0.1) is 12.0 Å². The summed E-state index contributed by atoms with van der Waals surface area (Å²) in [5, 5.41) is 16.2. The summed E-state index contributed by atoms with van der Waals surface area (Å²) in [6.07, 6.45) is 4.34. The minimum absolute atomic E-state index is 0.0174. The van der Waals surface area contributed by atoms with E-state index in [1.165, 1.54) is 0 Å². The molecule has 7 nitrogen and oxygen atoms in total. The summed E-state index contributed by atoms with van der Waals surface area (Å²) in [7, 11) is 0. The molecule has 0 saturated heterocycles. The molecule has 1 aromatic heterocycles. The molecule has 4 N–H and O–H groups in total. The summed E-state index contributed by atoms with van der Waals surface area (Å²) in [6, 6.07) is -0.271. The summed E-state index contributed by atoms with van der Waals surface area (Å²) < 4.78 is 0. The van der Waals surface area contributed by atoms with Crippen molar-refractivity contribution in [3.8, 4) is 0 Å². The highest BCUT2D eigenvalue weighted by Crippen LogP contribution is 2.17. The van der Waals surface area contributed by atoms with Crippen molar-refractivity contribution in [2.24, 2.45) is 11.7 Å². The number of rotatable bonds is 3. The second-order valence-corrected chi connectivity index (χ2v) is 3.89. The van der Waals surface area contributed by atoms with Gasteiger partial charge in [-0.05, 0) is 13.3 Å². The number of tetrazole rings is 1. The molecule has 0 aromatic carbocycles. The zero-order valence-corrected chi connectivity index (χ0v) is 8.92. The van der Waals surface area contributed by atoms with Crippen molar-refractivity contribution in [1.29, 1.82) is 0 Å². The number of carbonyl (C=O) groups is 1. The molecule has 0 radical (unpaired) electrons. The number of H-pyrrole nitrogens is 1. The Bertz CT molecular complexity index is 387. The number of hydrogen-bond donors (Lipinski definition) is 3. The van der Waals surface area contributed by atoms with Crippen LogP contribution in [0.1, 0.15) is 25.2 Å². The van der Waals surface area contributed by atoms with E-state index in [1.807, 2.05) is 12.2 Å². The number of aromatic amines is 1. The van der Waals surface area contributed by atoms with E-state index >= 15 is 0 Å². The highest BCUT2D eigenvalue weighted by molar-refractivity contribution is 5.81. The van der Waals surface area contributed by atoms with Crippen molar-refractivity contribution in [3.63, 3.8) is 0 Å². The summed E-state index contributed by atoms with van der Waals surface area (Å²) in [5.41, 5.74) is 5.68. The number of aromatic nitrogens is 4. The normalized spacial score (nSPS) is 25.6. The molecular weight excluding hydrogens is 208 g/mol. The van der Waals surface area contributed by atoms with Gasteiger partial charge in [-0.2, -0.15) is 5.21 Å². The molecule has 3 unspecified atom stereocenters. The van der Waals surface area contributed by atoms with E-state index < -0.39 is 0 Å². The van der Waals surface area contributed by atoms with Crippen LogP contribution in [0.3, 0.4) is 0 Å².